The zero-order valence-electron chi connectivity index (χ0n) is 14.4. The highest BCUT2D eigenvalue weighted by Gasteiger charge is 2.42. The Morgan fingerprint density at radius 3 is 2.15 bits per heavy atom. The van der Waals surface area contributed by atoms with Crippen molar-refractivity contribution in [3.05, 3.63) is 0 Å². The van der Waals surface area contributed by atoms with Crippen molar-refractivity contribution in [3.8, 4) is 0 Å². The van der Waals surface area contributed by atoms with Crippen LogP contribution in [0.3, 0.4) is 0 Å². The molecule has 1 aliphatic heterocycles. The van der Waals surface area contributed by atoms with E-state index >= 15 is 0 Å². The number of nitrogens with zero attached hydrogens (tertiary/aromatic N) is 1. The monoisotopic (exact) mass is 282 g/mol. The average Bonchev–Trinajstić information content (AvgIpc) is 2.63. The van der Waals surface area contributed by atoms with Crippen LogP contribution in [0.5, 0.6) is 0 Å². The quantitative estimate of drug-likeness (QED) is 0.773. The van der Waals surface area contributed by atoms with Crippen LogP contribution in [0.1, 0.15) is 67.7 Å². The van der Waals surface area contributed by atoms with Gasteiger partial charge in [0, 0.05) is 6.04 Å². The fourth-order valence-corrected chi connectivity index (χ4v) is 3.26. The smallest absolute Gasteiger partial charge is 0.241 e. The number of nitrogens with one attached hydrogen (secondary N) is 1. The van der Waals surface area contributed by atoms with E-state index in [4.69, 9.17) is 0 Å². The topological polar surface area (TPSA) is 32.3 Å². The van der Waals surface area contributed by atoms with Crippen LogP contribution in [-0.4, -0.2) is 29.1 Å². The molecule has 0 aromatic carbocycles. The van der Waals surface area contributed by atoms with Gasteiger partial charge in [0.1, 0.15) is 0 Å². The number of rotatable bonds is 7. The van der Waals surface area contributed by atoms with Crippen LogP contribution in [0, 0.1) is 17.8 Å². The molecule has 0 bridgehead atoms. The van der Waals surface area contributed by atoms with Crippen LogP contribution in [0.15, 0.2) is 0 Å². The fraction of sp³-hybridized carbons (Fsp3) is 0.941. The number of hydrogen-bond acceptors (Lipinski definition) is 2. The molecule has 0 aromatic heterocycles. The van der Waals surface area contributed by atoms with Gasteiger partial charge in [0.2, 0.25) is 5.91 Å². The highest BCUT2D eigenvalue weighted by atomic mass is 16.2. The number of carbonyl (C=O) groups is 1. The molecular weight excluding hydrogens is 248 g/mol. The molecule has 1 saturated heterocycles. The van der Waals surface area contributed by atoms with Crippen LogP contribution in [0.2, 0.25) is 0 Å². The van der Waals surface area contributed by atoms with Gasteiger partial charge in [-0.1, -0.05) is 48.0 Å². The lowest BCUT2D eigenvalue weighted by Crippen LogP contribution is -2.44. The van der Waals surface area contributed by atoms with E-state index in [0.717, 1.165) is 19.3 Å². The Balaban J connectivity index is 2.87. The van der Waals surface area contributed by atoms with Crippen molar-refractivity contribution < 1.29 is 4.79 Å². The third-order valence-electron chi connectivity index (χ3n) is 4.42. The maximum absolute atomic E-state index is 12.8. The average molecular weight is 282 g/mol. The minimum absolute atomic E-state index is 0.0124. The Hall–Kier alpha value is -0.570. The molecule has 0 radical (unpaired) electrons. The first-order chi connectivity index (χ1) is 9.27. The second kappa shape index (κ2) is 7.44. The van der Waals surface area contributed by atoms with Crippen LogP contribution in [0.4, 0.5) is 0 Å². The molecule has 0 aliphatic carbocycles. The van der Waals surface area contributed by atoms with E-state index in [2.05, 4.69) is 58.7 Å². The SMILES string of the molecule is CCC(C)C1NC(CC(C)C)N(C(C)CC(C)C)C1=O. The second-order valence-corrected chi connectivity index (χ2v) is 7.40. The summed E-state index contributed by atoms with van der Waals surface area (Å²) in [5, 5.41) is 3.60. The van der Waals surface area contributed by atoms with Gasteiger partial charge in [-0.25, -0.2) is 0 Å². The summed E-state index contributed by atoms with van der Waals surface area (Å²) < 4.78 is 0. The normalized spacial score (nSPS) is 26.6. The molecule has 0 aromatic rings. The summed E-state index contributed by atoms with van der Waals surface area (Å²) in [6, 6.07) is 0.339. The zero-order chi connectivity index (χ0) is 15.4. The molecule has 1 heterocycles. The number of hydrogen-bond donors (Lipinski definition) is 1. The molecule has 118 valence electrons. The molecule has 3 nitrogen and oxygen atoms in total. The molecule has 4 unspecified atom stereocenters. The molecule has 4 atom stereocenters. The first-order valence-corrected chi connectivity index (χ1v) is 8.36. The van der Waals surface area contributed by atoms with Crippen molar-refractivity contribution >= 4 is 5.91 Å². The van der Waals surface area contributed by atoms with E-state index in [1.807, 2.05) is 0 Å². The van der Waals surface area contributed by atoms with Gasteiger partial charge in [-0.15, -0.1) is 0 Å². The van der Waals surface area contributed by atoms with Gasteiger partial charge >= 0.3 is 0 Å². The van der Waals surface area contributed by atoms with Gasteiger partial charge < -0.3 is 4.90 Å². The summed E-state index contributed by atoms with van der Waals surface area (Å²) in [6.45, 7) is 15.5. The summed E-state index contributed by atoms with van der Waals surface area (Å²) in [7, 11) is 0. The van der Waals surface area contributed by atoms with Crippen LogP contribution in [-0.2, 0) is 4.79 Å². The molecular formula is C17H34N2O. The van der Waals surface area contributed by atoms with Crippen molar-refractivity contribution in [1.29, 1.82) is 0 Å². The summed E-state index contributed by atoms with van der Waals surface area (Å²) in [6.07, 6.45) is 3.39. The lowest BCUT2D eigenvalue weighted by atomic mass is 9.98. The first kappa shape index (κ1) is 17.5. The fourth-order valence-electron chi connectivity index (χ4n) is 3.26. The van der Waals surface area contributed by atoms with Crippen molar-refractivity contribution in [2.24, 2.45) is 17.8 Å². The molecule has 1 fully saturated rings. The third kappa shape index (κ3) is 4.21. The van der Waals surface area contributed by atoms with Gasteiger partial charge in [-0.3, -0.25) is 10.1 Å². The Bertz CT molecular complexity index is 314. The standard InChI is InChI=1S/C17H34N2O/c1-8-13(6)16-17(20)19(14(7)9-11(2)3)15(18-16)10-12(4)5/h11-16,18H,8-10H2,1-7H3. The van der Waals surface area contributed by atoms with E-state index in [1.165, 1.54) is 0 Å². The first-order valence-electron chi connectivity index (χ1n) is 8.36. The minimum Gasteiger partial charge on any atom is -0.323 e. The van der Waals surface area contributed by atoms with Gasteiger partial charge in [-0.05, 0) is 37.5 Å². The van der Waals surface area contributed by atoms with E-state index in [1.54, 1.807) is 0 Å². The lowest BCUT2D eigenvalue weighted by Gasteiger charge is -2.32. The van der Waals surface area contributed by atoms with Crippen LogP contribution >= 0.6 is 0 Å². The largest absolute Gasteiger partial charge is 0.323 e. The molecule has 1 N–H and O–H groups in total. The van der Waals surface area contributed by atoms with Crippen molar-refractivity contribution in [1.82, 2.24) is 10.2 Å². The maximum atomic E-state index is 12.8. The van der Waals surface area contributed by atoms with E-state index in [9.17, 15) is 4.79 Å². The second-order valence-electron chi connectivity index (χ2n) is 7.40. The van der Waals surface area contributed by atoms with E-state index < -0.39 is 0 Å². The third-order valence-corrected chi connectivity index (χ3v) is 4.42. The van der Waals surface area contributed by atoms with E-state index in [-0.39, 0.29) is 12.2 Å². The Morgan fingerprint density at radius 1 is 1.10 bits per heavy atom. The van der Waals surface area contributed by atoms with Crippen molar-refractivity contribution in [2.45, 2.75) is 86.0 Å². The Morgan fingerprint density at radius 2 is 1.70 bits per heavy atom. The van der Waals surface area contributed by atoms with Gasteiger partial charge in [0.15, 0.2) is 0 Å². The predicted molar refractivity (Wildman–Crippen MR) is 85.4 cm³/mol. The van der Waals surface area contributed by atoms with Gasteiger partial charge in [0.25, 0.3) is 0 Å². The molecule has 20 heavy (non-hydrogen) atoms. The highest BCUT2D eigenvalue weighted by molar-refractivity contribution is 5.85. The zero-order valence-corrected chi connectivity index (χ0v) is 14.4. The summed E-state index contributed by atoms with van der Waals surface area (Å²) >= 11 is 0. The summed E-state index contributed by atoms with van der Waals surface area (Å²) in [5.41, 5.74) is 0. The van der Waals surface area contributed by atoms with Crippen molar-refractivity contribution in [3.63, 3.8) is 0 Å². The summed E-state index contributed by atoms with van der Waals surface area (Å²) in [4.78, 5) is 14.9. The molecule has 0 spiro atoms. The number of amides is 1. The Kier molecular flexibility index (Phi) is 6.50. The predicted octanol–water partition coefficient (Wildman–Crippen LogP) is 3.64. The maximum Gasteiger partial charge on any atom is 0.241 e. The van der Waals surface area contributed by atoms with Crippen LogP contribution in [0.25, 0.3) is 0 Å². The molecule has 1 aliphatic rings. The lowest BCUT2D eigenvalue weighted by molar-refractivity contribution is -0.133. The summed E-state index contributed by atoms with van der Waals surface area (Å²) in [5.74, 6) is 1.96. The Labute approximate surface area is 125 Å². The van der Waals surface area contributed by atoms with Gasteiger partial charge in [-0.2, -0.15) is 0 Å². The van der Waals surface area contributed by atoms with Gasteiger partial charge in [0.05, 0.1) is 12.2 Å². The molecule has 1 rings (SSSR count). The molecule has 1 amide bonds. The molecule has 0 saturated carbocycles. The highest BCUT2D eigenvalue weighted by Crippen LogP contribution is 2.27. The van der Waals surface area contributed by atoms with E-state index in [0.29, 0.717) is 29.7 Å². The van der Waals surface area contributed by atoms with Crippen molar-refractivity contribution in [2.75, 3.05) is 0 Å². The van der Waals surface area contributed by atoms with Crippen LogP contribution < -0.4 is 5.32 Å². The molecule has 3 heteroatoms. The minimum atomic E-state index is 0.0124. The number of carbonyl (C=O) groups excluding carboxylic acids is 1.